The minimum atomic E-state index is -0.240. The maximum Gasteiger partial charge on any atom is 0.135 e. The summed E-state index contributed by atoms with van der Waals surface area (Å²) in [5, 5.41) is 11.7. The minimum absolute atomic E-state index is 0.240. The van der Waals surface area contributed by atoms with Gasteiger partial charge in [0.2, 0.25) is 0 Å². The highest BCUT2D eigenvalue weighted by Crippen LogP contribution is 2.23. The predicted molar refractivity (Wildman–Crippen MR) is 100 cm³/mol. The molecule has 2 aromatic heterocycles. The first-order valence-electron chi connectivity index (χ1n) is 8.18. The smallest absolute Gasteiger partial charge is 0.135 e. The Kier molecular flexibility index (Phi) is 4.18. The Balaban J connectivity index is 1.58. The summed E-state index contributed by atoms with van der Waals surface area (Å²) in [5.74, 6) is 1.21. The van der Waals surface area contributed by atoms with Gasteiger partial charge >= 0.3 is 0 Å². The molecule has 0 aliphatic rings. The fourth-order valence-electron chi connectivity index (χ4n) is 2.81. The van der Waals surface area contributed by atoms with Crippen molar-refractivity contribution in [3.63, 3.8) is 0 Å². The Bertz CT molecular complexity index is 1060. The molecule has 2 heterocycles. The molecule has 0 aliphatic carbocycles. The Hall–Kier alpha value is -3.48. The zero-order valence-electron chi connectivity index (χ0n) is 14.1. The van der Waals surface area contributed by atoms with Crippen molar-refractivity contribution >= 4 is 28.2 Å². The van der Waals surface area contributed by atoms with Crippen molar-refractivity contribution in [3.8, 4) is 0 Å². The minimum Gasteiger partial charge on any atom is -0.373 e. The van der Waals surface area contributed by atoms with E-state index in [0.717, 1.165) is 28.0 Å². The highest BCUT2D eigenvalue weighted by atomic mass is 19.1. The van der Waals surface area contributed by atoms with Crippen LogP contribution >= 0.6 is 0 Å². The molecule has 0 bridgehead atoms. The van der Waals surface area contributed by atoms with E-state index in [1.165, 1.54) is 18.5 Å². The molecule has 2 aromatic carbocycles. The number of anilines is 3. The maximum absolute atomic E-state index is 13.4. The lowest BCUT2D eigenvalue weighted by molar-refractivity contribution is 0.621. The quantitative estimate of drug-likeness (QED) is 0.574. The van der Waals surface area contributed by atoms with Gasteiger partial charge in [-0.3, -0.25) is 4.68 Å². The number of benzene rings is 2. The van der Waals surface area contributed by atoms with Crippen LogP contribution in [-0.4, -0.2) is 26.8 Å². The molecular weight excluding hydrogens is 331 g/mol. The van der Waals surface area contributed by atoms with Gasteiger partial charge in [0, 0.05) is 24.2 Å². The van der Waals surface area contributed by atoms with Crippen LogP contribution in [0.3, 0.4) is 0 Å². The molecular formula is C19H17FN6. The van der Waals surface area contributed by atoms with E-state index >= 15 is 0 Å². The molecule has 0 unspecified atom stereocenters. The summed E-state index contributed by atoms with van der Waals surface area (Å²) in [4.78, 5) is 8.31. The van der Waals surface area contributed by atoms with Gasteiger partial charge in [-0.1, -0.05) is 12.1 Å². The van der Waals surface area contributed by atoms with Gasteiger partial charge < -0.3 is 10.6 Å². The van der Waals surface area contributed by atoms with Gasteiger partial charge in [-0.15, -0.1) is 0 Å². The highest BCUT2D eigenvalue weighted by Gasteiger charge is 2.06. The first-order chi connectivity index (χ1) is 12.7. The third-order valence-corrected chi connectivity index (χ3v) is 4.06. The molecule has 26 heavy (non-hydrogen) atoms. The molecule has 7 heteroatoms. The number of rotatable bonds is 5. The summed E-state index contributed by atoms with van der Waals surface area (Å²) in [6.07, 6.45) is 3.31. The summed E-state index contributed by atoms with van der Waals surface area (Å²) < 4.78 is 15.2. The van der Waals surface area contributed by atoms with Crippen LogP contribution in [-0.2, 0) is 6.54 Å². The number of aromatic nitrogens is 4. The lowest BCUT2D eigenvalue weighted by atomic mass is 10.2. The van der Waals surface area contributed by atoms with E-state index < -0.39 is 0 Å². The Morgan fingerprint density at radius 3 is 2.77 bits per heavy atom. The number of fused-ring (bicyclic) bond motifs is 1. The molecule has 4 aromatic rings. The van der Waals surface area contributed by atoms with Gasteiger partial charge in [-0.05, 0) is 35.9 Å². The van der Waals surface area contributed by atoms with Crippen LogP contribution in [0.4, 0.5) is 21.7 Å². The molecule has 4 rings (SSSR count). The second-order valence-electron chi connectivity index (χ2n) is 5.87. The van der Waals surface area contributed by atoms with Crippen molar-refractivity contribution in [2.75, 3.05) is 17.7 Å². The standard InChI is InChI=1S/C19H17FN6/c1-21-18-9-19(23-12-22-18)25-16-5-6-17-14(8-16)10-24-26(17)11-13-3-2-4-15(20)7-13/h2-10,12H,11H2,1H3,(H2,21,22,23,25). The molecule has 0 saturated carbocycles. The monoisotopic (exact) mass is 348 g/mol. The van der Waals surface area contributed by atoms with Crippen LogP contribution in [0.2, 0.25) is 0 Å². The predicted octanol–water partition coefficient (Wildman–Crippen LogP) is 3.80. The number of hydrogen-bond acceptors (Lipinski definition) is 5. The van der Waals surface area contributed by atoms with Crippen molar-refractivity contribution in [2.24, 2.45) is 0 Å². The zero-order valence-corrected chi connectivity index (χ0v) is 14.1. The van der Waals surface area contributed by atoms with Crippen LogP contribution < -0.4 is 10.6 Å². The third-order valence-electron chi connectivity index (χ3n) is 4.06. The van der Waals surface area contributed by atoms with Crippen LogP contribution in [0, 0.1) is 5.82 Å². The van der Waals surface area contributed by atoms with Gasteiger partial charge in [0.15, 0.2) is 0 Å². The molecule has 2 N–H and O–H groups in total. The van der Waals surface area contributed by atoms with E-state index in [-0.39, 0.29) is 5.82 Å². The Labute approximate surface area is 149 Å². The van der Waals surface area contributed by atoms with Crippen molar-refractivity contribution in [1.82, 2.24) is 19.7 Å². The molecule has 0 spiro atoms. The summed E-state index contributed by atoms with van der Waals surface area (Å²) in [6.45, 7) is 0.519. The number of nitrogens with one attached hydrogen (secondary N) is 2. The van der Waals surface area contributed by atoms with E-state index in [1.807, 2.05) is 42.1 Å². The number of halogens is 1. The molecule has 0 radical (unpaired) electrons. The normalized spacial score (nSPS) is 10.8. The van der Waals surface area contributed by atoms with E-state index in [9.17, 15) is 4.39 Å². The summed E-state index contributed by atoms with van der Waals surface area (Å²) in [5.41, 5.74) is 2.76. The molecule has 130 valence electrons. The lowest BCUT2D eigenvalue weighted by Gasteiger charge is -2.08. The van der Waals surface area contributed by atoms with Crippen LogP contribution in [0.5, 0.6) is 0 Å². The number of nitrogens with zero attached hydrogens (tertiary/aromatic N) is 4. The van der Waals surface area contributed by atoms with Crippen molar-refractivity contribution < 1.29 is 4.39 Å². The fourth-order valence-corrected chi connectivity index (χ4v) is 2.81. The van der Waals surface area contributed by atoms with Crippen LogP contribution in [0.1, 0.15) is 5.56 Å². The SMILES string of the molecule is CNc1cc(Nc2ccc3c(cnn3Cc3cccc(F)c3)c2)ncn1. The summed E-state index contributed by atoms with van der Waals surface area (Å²) in [7, 11) is 1.81. The van der Waals surface area contributed by atoms with Gasteiger partial charge in [-0.2, -0.15) is 5.10 Å². The van der Waals surface area contributed by atoms with Gasteiger partial charge in [0.1, 0.15) is 23.8 Å². The molecule has 0 atom stereocenters. The third kappa shape index (κ3) is 3.32. The van der Waals surface area contributed by atoms with Crippen LogP contribution in [0.25, 0.3) is 10.9 Å². The van der Waals surface area contributed by atoms with Crippen molar-refractivity contribution in [2.45, 2.75) is 6.54 Å². The molecule has 6 nitrogen and oxygen atoms in total. The lowest BCUT2D eigenvalue weighted by Crippen LogP contribution is -2.01. The number of hydrogen-bond donors (Lipinski definition) is 2. The average molecular weight is 348 g/mol. The van der Waals surface area contributed by atoms with Gasteiger partial charge in [0.25, 0.3) is 0 Å². The topological polar surface area (TPSA) is 67.7 Å². The fraction of sp³-hybridized carbons (Fsp3) is 0.105. The second-order valence-corrected chi connectivity index (χ2v) is 5.87. The highest BCUT2D eigenvalue weighted by molar-refractivity contribution is 5.83. The van der Waals surface area contributed by atoms with Gasteiger partial charge in [0.05, 0.1) is 18.3 Å². The molecule has 0 saturated heterocycles. The largest absolute Gasteiger partial charge is 0.373 e. The average Bonchev–Trinajstić information content (AvgIpc) is 3.04. The van der Waals surface area contributed by atoms with E-state index in [4.69, 9.17) is 0 Å². The first-order valence-corrected chi connectivity index (χ1v) is 8.18. The van der Waals surface area contributed by atoms with E-state index in [1.54, 1.807) is 12.3 Å². The Morgan fingerprint density at radius 1 is 1.04 bits per heavy atom. The maximum atomic E-state index is 13.4. The molecule has 0 fully saturated rings. The van der Waals surface area contributed by atoms with E-state index in [0.29, 0.717) is 12.4 Å². The van der Waals surface area contributed by atoms with E-state index in [2.05, 4.69) is 25.7 Å². The van der Waals surface area contributed by atoms with Crippen LogP contribution in [0.15, 0.2) is 61.1 Å². The zero-order chi connectivity index (χ0) is 17.9. The van der Waals surface area contributed by atoms with Crippen molar-refractivity contribution in [3.05, 3.63) is 72.4 Å². The first kappa shape index (κ1) is 16.0. The molecule has 0 aliphatic heterocycles. The Morgan fingerprint density at radius 2 is 1.92 bits per heavy atom. The molecule has 0 amide bonds. The summed E-state index contributed by atoms with van der Waals surface area (Å²) in [6, 6.07) is 14.4. The van der Waals surface area contributed by atoms with Crippen molar-refractivity contribution in [1.29, 1.82) is 0 Å². The second kappa shape index (κ2) is 6.79. The summed E-state index contributed by atoms with van der Waals surface area (Å²) >= 11 is 0. The van der Waals surface area contributed by atoms with Gasteiger partial charge in [-0.25, -0.2) is 14.4 Å².